The Morgan fingerprint density at radius 1 is 1.40 bits per heavy atom. The maximum absolute atomic E-state index is 10.9. The Kier molecular flexibility index (Phi) is 5.70. The van der Waals surface area contributed by atoms with Crippen LogP contribution >= 0.6 is 11.8 Å². The maximum atomic E-state index is 10.9. The Bertz CT molecular complexity index is 290. The highest BCUT2D eigenvalue weighted by atomic mass is 32.2. The largest absolute Gasteiger partial charge is 0.450 e. The summed E-state index contributed by atoms with van der Waals surface area (Å²) in [6.45, 7) is 2.83. The number of rotatable bonds is 5. The van der Waals surface area contributed by atoms with Gasteiger partial charge in [0.15, 0.2) is 0 Å². The zero-order valence-electron chi connectivity index (χ0n) is 8.73. The van der Waals surface area contributed by atoms with Gasteiger partial charge in [0.25, 0.3) is 0 Å². The van der Waals surface area contributed by atoms with Crippen molar-refractivity contribution in [2.75, 3.05) is 18.9 Å². The van der Waals surface area contributed by atoms with Crippen molar-refractivity contribution < 1.29 is 9.53 Å². The zero-order chi connectivity index (χ0) is 10.9. The van der Waals surface area contributed by atoms with Crippen LogP contribution in [0.2, 0.25) is 0 Å². The van der Waals surface area contributed by atoms with Gasteiger partial charge in [-0.2, -0.15) is 0 Å². The number of nitrogens with one attached hydrogen (secondary N) is 1. The molecule has 1 aromatic rings. The van der Waals surface area contributed by atoms with Crippen LogP contribution in [0.4, 0.5) is 4.79 Å². The molecule has 0 heterocycles. The quantitative estimate of drug-likeness (QED) is 0.618. The number of hydrogen-bond acceptors (Lipinski definition) is 3. The van der Waals surface area contributed by atoms with Crippen molar-refractivity contribution in [1.82, 2.24) is 5.32 Å². The third-order valence-corrected chi connectivity index (χ3v) is 2.67. The van der Waals surface area contributed by atoms with Gasteiger partial charge in [-0.1, -0.05) is 18.2 Å². The number of alkyl carbamates (subject to hydrolysis) is 1. The first kappa shape index (κ1) is 11.9. The summed E-state index contributed by atoms with van der Waals surface area (Å²) in [6.07, 6.45) is -0.342. The molecule has 0 aliphatic rings. The van der Waals surface area contributed by atoms with Crippen molar-refractivity contribution in [1.29, 1.82) is 0 Å². The fourth-order valence-corrected chi connectivity index (χ4v) is 1.81. The molecule has 0 aliphatic carbocycles. The average molecular weight is 225 g/mol. The first-order chi connectivity index (χ1) is 7.33. The summed E-state index contributed by atoms with van der Waals surface area (Å²) in [5, 5.41) is 2.67. The molecule has 0 bridgehead atoms. The van der Waals surface area contributed by atoms with Crippen LogP contribution < -0.4 is 5.32 Å². The van der Waals surface area contributed by atoms with E-state index in [1.807, 2.05) is 18.2 Å². The van der Waals surface area contributed by atoms with Gasteiger partial charge in [0, 0.05) is 17.2 Å². The van der Waals surface area contributed by atoms with Crippen LogP contribution in [0, 0.1) is 0 Å². The first-order valence-corrected chi connectivity index (χ1v) is 5.90. The molecular weight excluding hydrogens is 210 g/mol. The maximum Gasteiger partial charge on any atom is 0.407 e. The number of ether oxygens (including phenoxy) is 1. The zero-order valence-corrected chi connectivity index (χ0v) is 9.55. The van der Waals surface area contributed by atoms with E-state index in [1.165, 1.54) is 4.90 Å². The monoisotopic (exact) mass is 225 g/mol. The van der Waals surface area contributed by atoms with Crippen LogP contribution in [0.1, 0.15) is 6.92 Å². The van der Waals surface area contributed by atoms with Crippen molar-refractivity contribution in [2.24, 2.45) is 0 Å². The summed E-state index contributed by atoms with van der Waals surface area (Å²) in [6, 6.07) is 10.1. The average Bonchev–Trinajstić information content (AvgIpc) is 2.26. The van der Waals surface area contributed by atoms with Crippen molar-refractivity contribution in [2.45, 2.75) is 11.8 Å². The minimum absolute atomic E-state index is 0.342. The van der Waals surface area contributed by atoms with Gasteiger partial charge < -0.3 is 10.1 Å². The molecule has 0 saturated carbocycles. The fraction of sp³-hybridized carbons (Fsp3) is 0.364. The molecule has 15 heavy (non-hydrogen) atoms. The number of carbonyl (C=O) groups is 1. The molecule has 0 saturated heterocycles. The summed E-state index contributed by atoms with van der Waals surface area (Å²) in [5.41, 5.74) is 0. The van der Waals surface area contributed by atoms with E-state index in [0.717, 1.165) is 5.75 Å². The van der Waals surface area contributed by atoms with E-state index in [-0.39, 0.29) is 6.09 Å². The molecule has 82 valence electrons. The molecule has 0 unspecified atom stereocenters. The lowest BCUT2D eigenvalue weighted by atomic mass is 10.4. The third-order valence-electron chi connectivity index (χ3n) is 1.66. The van der Waals surface area contributed by atoms with Crippen LogP contribution in [0.25, 0.3) is 0 Å². The summed E-state index contributed by atoms with van der Waals surface area (Å²) in [4.78, 5) is 12.1. The molecule has 1 amide bonds. The SMILES string of the molecule is CCOC(=O)NCCSc1ccccc1. The van der Waals surface area contributed by atoms with Gasteiger partial charge in [-0.15, -0.1) is 11.8 Å². The molecule has 4 heteroatoms. The Hall–Kier alpha value is -1.16. The standard InChI is InChI=1S/C11H15NO2S/c1-2-14-11(13)12-8-9-15-10-6-4-3-5-7-10/h3-7H,2,8-9H2,1H3,(H,12,13). The highest BCUT2D eigenvalue weighted by molar-refractivity contribution is 7.99. The van der Waals surface area contributed by atoms with E-state index in [1.54, 1.807) is 18.7 Å². The van der Waals surface area contributed by atoms with Crippen molar-refractivity contribution in [3.8, 4) is 0 Å². The predicted molar refractivity (Wildman–Crippen MR) is 62.2 cm³/mol. The van der Waals surface area contributed by atoms with Gasteiger partial charge >= 0.3 is 6.09 Å². The van der Waals surface area contributed by atoms with Crippen molar-refractivity contribution >= 4 is 17.9 Å². The van der Waals surface area contributed by atoms with E-state index in [2.05, 4.69) is 17.4 Å². The number of thioether (sulfide) groups is 1. The van der Waals surface area contributed by atoms with E-state index in [0.29, 0.717) is 13.2 Å². The van der Waals surface area contributed by atoms with E-state index in [4.69, 9.17) is 4.74 Å². The molecule has 0 fully saturated rings. The van der Waals surface area contributed by atoms with Gasteiger partial charge in [0.1, 0.15) is 0 Å². The second-order valence-electron chi connectivity index (χ2n) is 2.81. The highest BCUT2D eigenvalue weighted by Gasteiger charge is 1.98. The molecule has 0 atom stereocenters. The molecule has 0 aromatic heterocycles. The van der Waals surface area contributed by atoms with Gasteiger partial charge in [-0.05, 0) is 19.1 Å². The molecule has 1 aromatic carbocycles. The molecule has 1 rings (SSSR count). The second-order valence-corrected chi connectivity index (χ2v) is 3.98. The normalized spacial score (nSPS) is 9.67. The van der Waals surface area contributed by atoms with Crippen LogP contribution in [0.3, 0.4) is 0 Å². The summed E-state index contributed by atoms with van der Waals surface area (Å²) in [7, 11) is 0. The van der Waals surface area contributed by atoms with Crippen LogP contribution in [0.15, 0.2) is 35.2 Å². The first-order valence-electron chi connectivity index (χ1n) is 4.91. The summed E-state index contributed by atoms with van der Waals surface area (Å²) < 4.78 is 4.73. The highest BCUT2D eigenvalue weighted by Crippen LogP contribution is 2.15. The molecule has 0 radical (unpaired) electrons. The van der Waals surface area contributed by atoms with Gasteiger partial charge in [0.2, 0.25) is 0 Å². The summed E-state index contributed by atoms with van der Waals surface area (Å²) >= 11 is 1.71. The lowest BCUT2D eigenvalue weighted by molar-refractivity contribution is 0.153. The summed E-state index contributed by atoms with van der Waals surface area (Å²) in [5.74, 6) is 0.850. The minimum Gasteiger partial charge on any atom is -0.450 e. The van der Waals surface area contributed by atoms with E-state index in [9.17, 15) is 4.79 Å². The predicted octanol–water partition coefficient (Wildman–Crippen LogP) is 2.52. The Balaban J connectivity index is 2.10. The molecular formula is C11H15NO2S. The van der Waals surface area contributed by atoms with Crippen molar-refractivity contribution in [3.05, 3.63) is 30.3 Å². The minimum atomic E-state index is -0.342. The van der Waals surface area contributed by atoms with Gasteiger partial charge in [-0.25, -0.2) is 4.79 Å². The van der Waals surface area contributed by atoms with Gasteiger partial charge in [0.05, 0.1) is 6.61 Å². The Morgan fingerprint density at radius 3 is 2.80 bits per heavy atom. The topological polar surface area (TPSA) is 38.3 Å². The lowest BCUT2D eigenvalue weighted by Gasteiger charge is -2.04. The fourth-order valence-electron chi connectivity index (χ4n) is 1.02. The Labute approximate surface area is 94.2 Å². The smallest absolute Gasteiger partial charge is 0.407 e. The van der Waals surface area contributed by atoms with E-state index < -0.39 is 0 Å². The van der Waals surface area contributed by atoms with Crippen molar-refractivity contribution in [3.63, 3.8) is 0 Å². The molecule has 0 spiro atoms. The van der Waals surface area contributed by atoms with Crippen LogP contribution in [-0.2, 0) is 4.74 Å². The number of benzene rings is 1. The van der Waals surface area contributed by atoms with Gasteiger partial charge in [-0.3, -0.25) is 0 Å². The molecule has 3 nitrogen and oxygen atoms in total. The van der Waals surface area contributed by atoms with E-state index >= 15 is 0 Å². The number of hydrogen-bond donors (Lipinski definition) is 1. The Morgan fingerprint density at radius 2 is 2.13 bits per heavy atom. The molecule has 0 aliphatic heterocycles. The molecule has 1 N–H and O–H groups in total. The van der Waals surface area contributed by atoms with Crippen LogP contribution in [-0.4, -0.2) is 25.0 Å². The number of carbonyl (C=O) groups excluding carboxylic acids is 1. The second kappa shape index (κ2) is 7.17. The number of amides is 1. The van der Waals surface area contributed by atoms with Crippen LogP contribution in [0.5, 0.6) is 0 Å². The lowest BCUT2D eigenvalue weighted by Crippen LogP contribution is -2.26. The third kappa shape index (κ3) is 5.32.